The fraction of sp³-hybridized carbons (Fsp3) is 0. The largest absolute Gasteiger partial charge is 0.455 e. The minimum atomic E-state index is -0.270. The predicted molar refractivity (Wildman–Crippen MR) is 208 cm³/mol. The fourth-order valence-corrected chi connectivity index (χ4v) is 7.31. The van der Waals surface area contributed by atoms with Gasteiger partial charge in [-0.05, 0) is 77.8 Å². The summed E-state index contributed by atoms with van der Waals surface area (Å²) in [4.78, 5) is 0. The summed E-state index contributed by atoms with van der Waals surface area (Å²) in [6, 6.07) is 46.1. The van der Waals surface area contributed by atoms with Gasteiger partial charge >= 0.3 is 0 Å². The van der Waals surface area contributed by atoms with Crippen LogP contribution in [-0.2, 0) is 0 Å². The van der Waals surface area contributed by atoms with Gasteiger partial charge in [-0.3, -0.25) is 0 Å². The van der Waals surface area contributed by atoms with E-state index in [2.05, 4.69) is 12.1 Å². The lowest BCUT2D eigenvalue weighted by atomic mass is 9.85. The first-order valence-corrected chi connectivity index (χ1v) is 16.4. The molecule has 0 fully saturated rings. The highest BCUT2D eigenvalue weighted by Crippen LogP contribution is 2.45. The van der Waals surface area contributed by atoms with Crippen LogP contribution in [0.3, 0.4) is 0 Å². The number of rotatable bonds is 4. The van der Waals surface area contributed by atoms with Gasteiger partial charge in [0.2, 0.25) is 0 Å². The summed E-state index contributed by atoms with van der Waals surface area (Å²) in [5, 5.41) is 5.20. The van der Waals surface area contributed by atoms with E-state index in [1.165, 1.54) is 0 Å². The first kappa shape index (κ1) is 22.2. The van der Waals surface area contributed by atoms with Crippen molar-refractivity contribution in [3.63, 3.8) is 0 Å². The summed E-state index contributed by atoms with van der Waals surface area (Å²) >= 11 is 0. The van der Waals surface area contributed by atoms with Crippen LogP contribution in [0.15, 0.2) is 186 Å². The molecule has 0 aliphatic rings. The minimum absolute atomic E-state index is 0.00218. The number of benzene rings is 9. The average Bonchev–Trinajstić information content (AvgIpc) is 3.61. The van der Waals surface area contributed by atoms with Gasteiger partial charge in [0, 0.05) is 21.9 Å². The summed E-state index contributed by atoms with van der Waals surface area (Å²) in [5.74, 6) is 0. The zero-order chi connectivity index (χ0) is 37.5. The Kier molecular flexibility index (Phi) is 5.02. The zero-order valence-electron chi connectivity index (χ0n) is 32.3. The molecule has 1 nitrogen and oxygen atoms in total. The molecule has 228 valence electrons. The molecule has 0 aliphatic carbocycles. The Bertz CT molecular complexity index is 3150. The molecule has 0 bridgehead atoms. The average molecular weight is 629 g/mol. The Hall–Kier alpha value is -6.44. The second kappa shape index (κ2) is 11.1. The van der Waals surface area contributed by atoms with Crippen LogP contribution in [0.25, 0.3) is 98.8 Å². The highest BCUT2D eigenvalue weighted by Gasteiger charge is 2.18. The highest BCUT2D eigenvalue weighted by atomic mass is 16.3. The van der Waals surface area contributed by atoms with Crippen LogP contribution >= 0.6 is 0 Å². The first-order chi connectivity index (χ1) is 26.8. The van der Waals surface area contributed by atoms with E-state index in [1.807, 2.05) is 127 Å². The molecule has 1 heteroatoms. The Labute approximate surface area is 292 Å². The number of furan rings is 1. The van der Waals surface area contributed by atoms with Gasteiger partial charge in [0.05, 0.1) is 8.22 Å². The van der Waals surface area contributed by atoms with Gasteiger partial charge in [-0.1, -0.05) is 170 Å². The van der Waals surface area contributed by atoms with Crippen molar-refractivity contribution in [2.24, 2.45) is 0 Å². The summed E-state index contributed by atoms with van der Waals surface area (Å²) in [7, 11) is 0. The summed E-state index contributed by atoms with van der Waals surface area (Å²) < 4.78 is 63.6. The molecular weight excluding hydrogens is 593 g/mol. The van der Waals surface area contributed by atoms with Gasteiger partial charge in [0.25, 0.3) is 0 Å². The van der Waals surface area contributed by atoms with Gasteiger partial charge in [-0.25, -0.2) is 0 Å². The molecule has 0 N–H and O–H groups in total. The number of fused-ring (bicyclic) bond motifs is 6. The smallest absolute Gasteiger partial charge is 0.143 e. The minimum Gasteiger partial charge on any atom is -0.455 e. The maximum atomic E-state index is 9.69. The fourth-order valence-electron chi connectivity index (χ4n) is 7.31. The third-order valence-electron chi connectivity index (χ3n) is 9.50. The molecule has 1 heterocycles. The van der Waals surface area contributed by atoms with Crippen LogP contribution in [-0.4, -0.2) is 0 Å². The molecule has 0 spiro atoms. The lowest BCUT2D eigenvalue weighted by Crippen LogP contribution is -1.90. The zero-order valence-corrected chi connectivity index (χ0v) is 26.3. The molecule has 9 aromatic carbocycles. The molecule has 0 radical (unpaired) electrons. The third-order valence-corrected chi connectivity index (χ3v) is 9.50. The summed E-state index contributed by atoms with van der Waals surface area (Å²) in [6.07, 6.45) is 0. The van der Waals surface area contributed by atoms with Crippen LogP contribution in [0.1, 0.15) is 8.22 Å². The third kappa shape index (κ3) is 4.40. The number of hydrogen-bond acceptors (Lipinski definition) is 1. The van der Waals surface area contributed by atoms with Gasteiger partial charge in [0.15, 0.2) is 0 Å². The van der Waals surface area contributed by atoms with Crippen molar-refractivity contribution >= 4 is 54.3 Å². The molecular formula is C48H30O. The summed E-state index contributed by atoms with van der Waals surface area (Å²) in [6.45, 7) is 0. The maximum absolute atomic E-state index is 9.69. The predicted octanol–water partition coefficient (Wildman–Crippen LogP) is 13.7. The second-order valence-corrected chi connectivity index (χ2v) is 12.3. The van der Waals surface area contributed by atoms with E-state index < -0.39 is 0 Å². The molecule has 49 heavy (non-hydrogen) atoms. The molecule has 0 atom stereocenters. The van der Waals surface area contributed by atoms with Crippen molar-refractivity contribution < 1.29 is 12.6 Å². The van der Waals surface area contributed by atoms with Crippen LogP contribution in [0, 0.1) is 0 Å². The molecule has 1 aromatic heterocycles. The molecule has 0 aliphatic heterocycles. The van der Waals surface area contributed by atoms with Crippen LogP contribution in [0.2, 0.25) is 0 Å². The highest BCUT2D eigenvalue weighted by molar-refractivity contribution is 6.22. The van der Waals surface area contributed by atoms with Crippen LogP contribution < -0.4 is 0 Å². The van der Waals surface area contributed by atoms with E-state index in [9.17, 15) is 8.22 Å². The Morgan fingerprint density at radius 3 is 1.29 bits per heavy atom. The van der Waals surface area contributed by atoms with Crippen molar-refractivity contribution in [3.8, 4) is 44.5 Å². The van der Waals surface area contributed by atoms with Crippen molar-refractivity contribution in [2.45, 2.75) is 0 Å². The topological polar surface area (TPSA) is 13.1 Å². The maximum Gasteiger partial charge on any atom is 0.143 e. The lowest BCUT2D eigenvalue weighted by Gasteiger charge is -2.18. The molecule has 0 amide bonds. The Balaban J connectivity index is 1.27. The summed E-state index contributed by atoms with van der Waals surface area (Å²) in [5.41, 5.74) is 6.52. The van der Waals surface area contributed by atoms with Crippen LogP contribution in [0.5, 0.6) is 0 Å². The van der Waals surface area contributed by atoms with Gasteiger partial charge < -0.3 is 4.42 Å². The van der Waals surface area contributed by atoms with E-state index in [0.717, 1.165) is 54.6 Å². The Morgan fingerprint density at radius 1 is 0.327 bits per heavy atom. The van der Waals surface area contributed by atoms with Crippen molar-refractivity contribution in [2.75, 3.05) is 0 Å². The normalized spacial score (nSPS) is 13.4. The van der Waals surface area contributed by atoms with E-state index >= 15 is 0 Å². The molecule has 0 saturated carbocycles. The standard InChI is InChI=1S/C48H30O/c1-3-13-31(14-4-1)37-21-11-23-43-44-24-12-22-38(48(44)49-47(37)43)35-27-25-34-30-36(28-26-33(34)29-35)46-41-19-9-7-17-39(41)45(32-15-5-2-6-16-32)40-18-8-10-20-42(40)46/h1-30H/i25D,26D,27D,28D,29D,30D. The van der Waals surface area contributed by atoms with Gasteiger partial charge in [-0.2, -0.15) is 0 Å². The lowest BCUT2D eigenvalue weighted by molar-refractivity contribution is 0.671. The van der Waals surface area contributed by atoms with Gasteiger partial charge in [-0.15, -0.1) is 0 Å². The van der Waals surface area contributed by atoms with Crippen molar-refractivity contribution in [3.05, 3.63) is 182 Å². The van der Waals surface area contributed by atoms with E-state index in [4.69, 9.17) is 4.42 Å². The monoisotopic (exact) mass is 628 g/mol. The quantitative estimate of drug-likeness (QED) is 0.177. The molecule has 10 aromatic rings. The van der Waals surface area contributed by atoms with Crippen LogP contribution in [0.4, 0.5) is 0 Å². The second-order valence-electron chi connectivity index (χ2n) is 12.3. The first-order valence-electron chi connectivity index (χ1n) is 19.4. The van der Waals surface area contributed by atoms with Crippen molar-refractivity contribution in [1.29, 1.82) is 0 Å². The van der Waals surface area contributed by atoms with Crippen molar-refractivity contribution in [1.82, 2.24) is 0 Å². The number of hydrogen-bond donors (Lipinski definition) is 0. The SMILES string of the molecule is [2H]c1c(-c2cccc3c2oc2c(-c4ccccc4)cccc23)c([2H])c2c([2H])c([2H])c(-c3c4ccccc4c(-c4ccccc4)c4ccccc34)c([2H])c2c1[2H]. The molecule has 0 saturated heterocycles. The van der Waals surface area contributed by atoms with E-state index in [0.29, 0.717) is 22.3 Å². The van der Waals surface area contributed by atoms with Gasteiger partial charge in [0.1, 0.15) is 11.2 Å². The molecule has 0 unspecified atom stereocenters. The number of para-hydroxylation sites is 2. The Morgan fingerprint density at radius 2 is 0.735 bits per heavy atom. The van der Waals surface area contributed by atoms with E-state index in [1.54, 1.807) is 6.07 Å². The molecule has 10 rings (SSSR count). The van der Waals surface area contributed by atoms with E-state index in [-0.39, 0.29) is 58.2 Å².